The van der Waals surface area contributed by atoms with Gasteiger partial charge >= 0.3 is 0 Å². The Balaban J connectivity index is 1.98. The lowest BCUT2D eigenvalue weighted by atomic mass is 10.1. The summed E-state index contributed by atoms with van der Waals surface area (Å²) in [5.74, 6) is 0.555. The average molecular weight is 473 g/mol. The van der Waals surface area contributed by atoms with Crippen molar-refractivity contribution in [2.45, 2.75) is 6.42 Å². The Hall–Kier alpha value is -1.87. The maximum Gasteiger partial charge on any atom is 0.209 e. The van der Waals surface area contributed by atoms with Crippen LogP contribution in [0.25, 0.3) is 22.3 Å². The highest BCUT2D eigenvalue weighted by Crippen LogP contribution is 2.34. The molecule has 9 heteroatoms. The molecule has 0 aliphatic rings. The zero-order valence-corrected chi connectivity index (χ0v) is 17.1. The predicted octanol–water partition coefficient (Wildman–Crippen LogP) is 3.93. The highest BCUT2D eigenvalue weighted by atomic mass is 79.9. The molecule has 2 N–H and O–H groups in total. The van der Waals surface area contributed by atoms with Crippen molar-refractivity contribution < 1.29 is 17.6 Å². The van der Waals surface area contributed by atoms with Crippen molar-refractivity contribution in [3.05, 3.63) is 62.2 Å². The fourth-order valence-electron chi connectivity index (χ4n) is 2.54. The van der Waals surface area contributed by atoms with E-state index in [-0.39, 0.29) is 24.2 Å². The Morgan fingerprint density at radius 1 is 1.19 bits per heavy atom. The molecule has 0 spiro atoms. The third kappa shape index (κ3) is 4.90. The molecule has 0 radical (unpaired) electrons. The van der Waals surface area contributed by atoms with E-state index in [4.69, 9.17) is 25.9 Å². The fraction of sp³-hybridized carbons (Fsp3) is 0.167. The topological polar surface area (TPSA) is 99.6 Å². The molecule has 0 saturated heterocycles. The first-order chi connectivity index (χ1) is 12.7. The van der Waals surface area contributed by atoms with Gasteiger partial charge in [-0.25, -0.2) is 13.6 Å². The number of fused-ring (bicyclic) bond motifs is 1. The zero-order chi connectivity index (χ0) is 19.6. The second-order valence-electron chi connectivity index (χ2n) is 5.80. The van der Waals surface area contributed by atoms with Crippen molar-refractivity contribution in [3.8, 4) is 17.1 Å². The Labute approximate surface area is 169 Å². The third-order valence-corrected chi connectivity index (χ3v) is 5.40. The van der Waals surface area contributed by atoms with Gasteiger partial charge < -0.3 is 9.15 Å². The van der Waals surface area contributed by atoms with E-state index in [1.54, 1.807) is 36.4 Å². The van der Waals surface area contributed by atoms with E-state index in [0.29, 0.717) is 33.1 Å². The number of para-hydroxylation sites is 1. The molecule has 0 unspecified atom stereocenters. The van der Waals surface area contributed by atoms with Crippen LogP contribution in [0.5, 0.6) is 5.75 Å². The first-order valence-corrected chi connectivity index (χ1v) is 10.8. The lowest BCUT2D eigenvalue weighted by Crippen LogP contribution is -2.18. The van der Waals surface area contributed by atoms with Crippen molar-refractivity contribution in [2.24, 2.45) is 5.14 Å². The molecule has 142 valence electrons. The number of nitrogens with two attached hydrogens (primary N) is 1. The van der Waals surface area contributed by atoms with Crippen LogP contribution in [0.2, 0.25) is 5.02 Å². The van der Waals surface area contributed by atoms with Crippen LogP contribution in [-0.2, 0) is 10.0 Å². The number of benzene rings is 2. The van der Waals surface area contributed by atoms with E-state index in [9.17, 15) is 13.2 Å². The summed E-state index contributed by atoms with van der Waals surface area (Å²) in [5.41, 5.74) is 0.620. The van der Waals surface area contributed by atoms with Crippen LogP contribution in [0.3, 0.4) is 0 Å². The van der Waals surface area contributed by atoms with Crippen LogP contribution in [-0.4, -0.2) is 20.8 Å². The van der Waals surface area contributed by atoms with Crippen molar-refractivity contribution in [1.29, 1.82) is 0 Å². The van der Waals surface area contributed by atoms with Gasteiger partial charge in [0.05, 0.1) is 28.3 Å². The van der Waals surface area contributed by atoms with Crippen molar-refractivity contribution in [2.75, 3.05) is 12.4 Å². The molecule has 0 aliphatic heterocycles. The smallest absolute Gasteiger partial charge is 0.209 e. The van der Waals surface area contributed by atoms with E-state index >= 15 is 0 Å². The summed E-state index contributed by atoms with van der Waals surface area (Å²) in [4.78, 5) is 12.4. The highest BCUT2D eigenvalue weighted by molar-refractivity contribution is 9.10. The SMILES string of the molecule is NS(=O)(=O)CCCOc1cc(Br)ccc1-c1cc(=O)c2cccc(Cl)c2o1. The molecule has 27 heavy (non-hydrogen) atoms. The molecule has 2 aromatic carbocycles. The molecule has 0 fully saturated rings. The van der Waals surface area contributed by atoms with Gasteiger partial charge in [0.2, 0.25) is 10.0 Å². The molecule has 0 amide bonds. The summed E-state index contributed by atoms with van der Waals surface area (Å²) in [6.07, 6.45) is 0.234. The van der Waals surface area contributed by atoms with Gasteiger partial charge in [-0.1, -0.05) is 33.6 Å². The summed E-state index contributed by atoms with van der Waals surface area (Å²) in [6.45, 7) is 0.137. The molecule has 0 saturated carbocycles. The Morgan fingerprint density at radius 3 is 2.70 bits per heavy atom. The lowest BCUT2D eigenvalue weighted by molar-refractivity contribution is 0.318. The molecule has 0 aliphatic carbocycles. The summed E-state index contributed by atoms with van der Waals surface area (Å²) < 4.78 is 34.4. The average Bonchev–Trinajstić information content (AvgIpc) is 2.59. The first-order valence-electron chi connectivity index (χ1n) is 7.90. The lowest BCUT2D eigenvalue weighted by Gasteiger charge is -2.12. The molecular formula is C18H15BrClNO5S. The Morgan fingerprint density at radius 2 is 1.96 bits per heavy atom. The van der Waals surface area contributed by atoms with E-state index in [2.05, 4.69) is 15.9 Å². The molecule has 1 heterocycles. The highest BCUT2D eigenvalue weighted by Gasteiger charge is 2.14. The Kier molecular flexibility index (Phi) is 5.90. The number of primary sulfonamides is 1. The third-order valence-electron chi connectivity index (χ3n) is 3.75. The van der Waals surface area contributed by atoms with Crippen LogP contribution < -0.4 is 15.3 Å². The van der Waals surface area contributed by atoms with Crippen molar-refractivity contribution in [1.82, 2.24) is 0 Å². The minimum Gasteiger partial charge on any atom is -0.493 e. The number of rotatable bonds is 6. The normalized spacial score (nSPS) is 11.7. The van der Waals surface area contributed by atoms with Gasteiger partial charge in [-0.15, -0.1) is 0 Å². The van der Waals surface area contributed by atoms with E-state index in [1.165, 1.54) is 6.07 Å². The number of ether oxygens (including phenoxy) is 1. The zero-order valence-electron chi connectivity index (χ0n) is 13.9. The van der Waals surface area contributed by atoms with E-state index < -0.39 is 10.0 Å². The van der Waals surface area contributed by atoms with E-state index in [1.807, 2.05) is 0 Å². The maximum atomic E-state index is 12.4. The molecule has 6 nitrogen and oxygen atoms in total. The van der Waals surface area contributed by atoms with Gasteiger partial charge in [-0.3, -0.25) is 4.79 Å². The van der Waals surface area contributed by atoms with Crippen LogP contribution in [0.1, 0.15) is 6.42 Å². The van der Waals surface area contributed by atoms with Crippen molar-refractivity contribution >= 4 is 48.5 Å². The summed E-state index contributed by atoms with van der Waals surface area (Å²) in [6, 6.07) is 11.6. The minimum atomic E-state index is -3.55. The fourth-order valence-corrected chi connectivity index (χ4v) is 3.61. The number of halogens is 2. The number of sulfonamides is 1. The largest absolute Gasteiger partial charge is 0.493 e. The Bertz CT molecular complexity index is 1160. The van der Waals surface area contributed by atoms with Gasteiger partial charge in [0.25, 0.3) is 0 Å². The second-order valence-corrected chi connectivity index (χ2v) is 8.86. The van der Waals surface area contributed by atoms with Gasteiger partial charge in [0, 0.05) is 10.5 Å². The summed E-state index contributed by atoms with van der Waals surface area (Å²) >= 11 is 9.52. The van der Waals surface area contributed by atoms with Gasteiger partial charge in [0.15, 0.2) is 11.0 Å². The van der Waals surface area contributed by atoms with Crippen LogP contribution in [0.15, 0.2) is 56.1 Å². The minimum absolute atomic E-state index is 0.137. The number of hydrogen-bond acceptors (Lipinski definition) is 5. The van der Waals surface area contributed by atoms with Crippen LogP contribution >= 0.6 is 27.5 Å². The van der Waals surface area contributed by atoms with Gasteiger partial charge in [0.1, 0.15) is 11.5 Å². The van der Waals surface area contributed by atoms with Crippen LogP contribution in [0, 0.1) is 0 Å². The molecule has 3 rings (SSSR count). The first kappa shape index (κ1) is 19.9. The number of hydrogen-bond donors (Lipinski definition) is 1. The van der Waals surface area contributed by atoms with Crippen molar-refractivity contribution in [3.63, 3.8) is 0 Å². The quantitative estimate of drug-likeness (QED) is 0.548. The second kappa shape index (κ2) is 8.02. The molecule has 0 atom stereocenters. The molecule has 0 bridgehead atoms. The summed E-state index contributed by atoms with van der Waals surface area (Å²) in [5, 5.41) is 5.71. The molecule has 1 aromatic heterocycles. The molecular weight excluding hydrogens is 458 g/mol. The van der Waals surface area contributed by atoms with Crippen LogP contribution in [0.4, 0.5) is 0 Å². The molecule has 3 aromatic rings. The monoisotopic (exact) mass is 471 g/mol. The predicted molar refractivity (Wildman–Crippen MR) is 109 cm³/mol. The maximum absolute atomic E-state index is 12.4. The van der Waals surface area contributed by atoms with E-state index in [0.717, 1.165) is 4.47 Å². The standard InChI is InChI=1S/C18H15BrClNO5S/c19-11-5-6-13(16(9-11)25-7-2-8-27(21,23)24)17-10-15(22)12-3-1-4-14(20)18(12)26-17/h1,3-6,9-10H,2,7-8H2,(H2,21,23,24). The van der Waals surface area contributed by atoms with Gasteiger partial charge in [-0.05, 0) is 36.8 Å². The summed E-state index contributed by atoms with van der Waals surface area (Å²) in [7, 11) is -3.55. The van der Waals surface area contributed by atoms with Gasteiger partial charge in [-0.2, -0.15) is 0 Å².